The molecule has 0 aromatic carbocycles. The summed E-state index contributed by atoms with van der Waals surface area (Å²) in [7, 11) is 1.23. The van der Waals surface area contributed by atoms with Crippen molar-refractivity contribution in [3.63, 3.8) is 0 Å². The molecule has 0 bridgehead atoms. The summed E-state index contributed by atoms with van der Waals surface area (Å²) in [6.07, 6.45) is -1.58. The van der Waals surface area contributed by atoms with E-state index in [2.05, 4.69) is 15.1 Å². The van der Waals surface area contributed by atoms with Gasteiger partial charge in [0.2, 0.25) is 5.88 Å². The second-order valence-corrected chi connectivity index (χ2v) is 5.21. The van der Waals surface area contributed by atoms with Crippen LogP contribution in [0.2, 0.25) is 5.02 Å². The van der Waals surface area contributed by atoms with Gasteiger partial charge >= 0.3 is 6.18 Å². The molecule has 24 heavy (non-hydrogen) atoms. The van der Waals surface area contributed by atoms with Crippen molar-refractivity contribution in [2.75, 3.05) is 0 Å². The summed E-state index contributed by atoms with van der Waals surface area (Å²) in [5.41, 5.74) is -0.511. The third kappa shape index (κ3) is 3.33. The molecule has 0 atom stereocenters. The van der Waals surface area contributed by atoms with Crippen LogP contribution < -0.4 is 4.74 Å². The number of pyridine rings is 2. The predicted octanol–water partition coefficient (Wildman–Crippen LogP) is 4.34. The van der Waals surface area contributed by atoms with Gasteiger partial charge in [0.1, 0.15) is 16.4 Å². The lowest BCUT2D eigenvalue weighted by molar-refractivity contribution is -0.143. The lowest BCUT2D eigenvalue weighted by Crippen LogP contribution is -2.11. The van der Waals surface area contributed by atoms with Crippen LogP contribution in [0.15, 0.2) is 42.7 Å². The molecule has 5 nitrogen and oxygen atoms in total. The van der Waals surface area contributed by atoms with Gasteiger partial charge in [0.15, 0.2) is 5.75 Å². The van der Waals surface area contributed by atoms with Crippen molar-refractivity contribution >= 4 is 11.6 Å². The van der Waals surface area contributed by atoms with E-state index in [1.165, 1.54) is 19.4 Å². The SMILES string of the molecule is Cn1nc(-c2cccc(Oc3ccncc3Cl)n2)cc1C(F)(F)F. The van der Waals surface area contributed by atoms with E-state index in [4.69, 9.17) is 16.3 Å². The fourth-order valence-corrected chi connectivity index (χ4v) is 2.19. The Kier molecular flexibility index (Phi) is 4.15. The van der Waals surface area contributed by atoms with Gasteiger partial charge in [-0.05, 0) is 12.1 Å². The van der Waals surface area contributed by atoms with Crippen LogP contribution in [0.25, 0.3) is 11.4 Å². The number of nitrogens with zero attached hydrogens (tertiary/aromatic N) is 4. The Labute approximate surface area is 139 Å². The number of hydrogen-bond acceptors (Lipinski definition) is 4. The summed E-state index contributed by atoms with van der Waals surface area (Å²) in [6.45, 7) is 0. The van der Waals surface area contributed by atoms with E-state index in [9.17, 15) is 13.2 Å². The van der Waals surface area contributed by atoms with E-state index < -0.39 is 11.9 Å². The zero-order valence-corrected chi connectivity index (χ0v) is 13.0. The van der Waals surface area contributed by atoms with Crippen LogP contribution in [0.5, 0.6) is 11.6 Å². The Bertz CT molecular complexity index is 879. The van der Waals surface area contributed by atoms with Gasteiger partial charge < -0.3 is 4.74 Å². The smallest absolute Gasteiger partial charge is 0.433 e. The first kappa shape index (κ1) is 16.3. The lowest BCUT2D eigenvalue weighted by Gasteiger charge is -2.06. The van der Waals surface area contributed by atoms with E-state index in [-0.39, 0.29) is 17.3 Å². The summed E-state index contributed by atoms with van der Waals surface area (Å²) in [6, 6.07) is 7.21. The predicted molar refractivity (Wildman–Crippen MR) is 80.8 cm³/mol. The molecule has 0 amide bonds. The van der Waals surface area contributed by atoms with Crippen molar-refractivity contribution in [2.24, 2.45) is 7.05 Å². The number of alkyl halides is 3. The van der Waals surface area contributed by atoms with Crippen LogP contribution in [0.4, 0.5) is 13.2 Å². The summed E-state index contributed by atoms with van der Waals surface area (Å²) in [5.74, 6) is 0.521. The van der Waals surface area contributed by atoms with E-state index in [1.807, 2.05) is 0 Å². The molecule has 0 spiro atoms. The Morgan fingerprint density at radius 1 is 1.17 bits per heavy atom. The summed E-state index contributed by atoms with van der Waals surface area (Å²) in [4.78, 5) is 8.01. The molecule has 9 heteroatoms. The van der Waals surface area contributed by atoms with Crippen LogP contribution in [0.1, 0.15) is 5.69 Å². The Morgan fingerprint density at radius 2 is 1.96 bits per heavy atom. The first-order chi connectivity index (χ1) is 11.3. The van der Waals surface area contributed by atoms with Crippen LogP contribution in [0, 0.1) is 0 Å². The fourth-order valence-electron chi connectivity index (χ4n) is 2.03. The molecule has 3 rings (SSSR count). The van der Waals surface area contributed by atoms with Gasteiger partial charge in [0, 0.05) is 31.6 Å². The molecule has 0 N–H and O–H groups in total. The molecule has 0 saturated carbocycles. The molecule has 3 aromatic rings. The highest BCUT2D eigenvalue weighted by molar-refractivity contribution is 6.31. The Morgan fingerprint density at radius 3 is 2.62 bits per heavy atom. The molecule has 0 radical (unpaired) electrons. The molecule has 0 saturated heterocycles. The highest BCUT2D eigenvalue weighted by Crippen LogP contribution is 2.32. The van der Waals surface area contributed by atoms with E-state index >= 15 is 0 Å². The number of halogens is 4. The maximum absolute atomic E-state index is 12.9. The molecule has 124 valence electrons. The molecule has 0 aliphatic rings. The second kappa shape index (κ2) is 6.12. The van der Waals surface area contributed by atoms with Crippen LogP contribution in [0.3, 0.4) is 0 Å². The number of aromatic nitrogens is 4. The average molecular weight is 355 g/mol. The molecule has 0 aliphatic carbocycles. The van der Waals surface area contributed by atoms with Gasteiger partial charge in [-0.15, -0.1) is 0 Å². The highest BCUT2D eigenvalue weighted by Gasteiger charge is 2.35. The largest absolute Gasteiger partial charge is 0.437 e. The fraction of sp³-hybridized carbons (Fsp3) is 0.133. The van der Waals surface area contributed by atoms with Crippen molar-refractivity contribution in [3.05, 3.63) is 53.4 Å². The van der Waals surface area contributed by atoms with E-state index in [0.29, 0.717) is 10.8 Å². The molecule has 3 heterocycles. The Balaban J connectivity index is 1.93. The normalized spacial score (nSPS) is 11.5. The maximum atomic E-state index is 12.9. The second-order valence-electron chi connectivity index (χ2n) is 4.81. The first-order valence-electron chi connectivity index (χ1n) is 6.70. The minimum atomic E-state index is -4.49. The molecular formula is C15H10ClF3N4O. The van der Waals surface area contributed by atoms with Crippen molar-refractivity contribution < 1.29 is 17.9 Å². The molecule has 0 fully saturated rings. The third-order valence-electron chi connectivity index (χ3n) is 3.11. The topological polar surface area (TPSA) is 52.8 Å². The van der Waals surface area contributed by atoms with Gasteiger partial charge in [-0.2, -0.15) is 18.3 Å². The summed E-state index contributed by atoms with van der Waals surface area (Å²) < 4.78 is 44.9. The van der Waals surface area contributed by atoms with E-state index in [0.717, 1.165) is 10.7 Å². The van der Waals surface area contributed by atoms with Crippen LogP contribution in [-0.2, 0) is 13.2 Å². The number of aryl methyl sites for hydroxylation is 1. The van der Waals surface area contributed by atoms with Crippen molar-refractivity contribution in [1.29, 1.82) is 0 Å². The third-order valence-corrected chi connectivity index (χ3v) is 3.39. The lowest BCUT2D eigenvalue weighted by atomic mass is 10.2. The maximum Gasteiger partial charge on any atom is 0.433 e. The van der Waals surface area contributed by atoms with Crippen LogP contribution in [-0.4, -0.2) is 19.7 Å². The summed E-state index contributed by atoms with van der Waals surface area (Å²) in [5, 5.41) is 4.15. The van der Waals surface area contributed by atoms with Gasteiger partial charge in [-0.3, -0.25) is 9.67 Å². The number of ether oxygens (including phenoxy) is 1. The monoisotopic (exact) mass is 354 g/mol. The first-order valence-corrected chi connectivity index (χ1v) is 7.08. The minimum absolute atomic E-state index is 0.0936. The quantitative estimate of drug-likeness (QED) is 0.702. The number of rotatable bonds is 3. The van der Waals surface area contributed by atoms with Gasteiger partial charge in [-0.1, -0.05) is 17.7 Å². The van der Waals surface area contributed by atoms with Gasteiger partial charge in [0.05, 0.1) is 5.69 Å². The molecule has 3 aromatic heterocycles. The van der Waals surface area contributed by atoms with Crippen molar-refractivity contribution in [2.45, 2.75) is 6.18 Å². The average Bonchev–Trinajstić information content (AvgIpc) is 2.92. The molecule has 0 aliphatic heterocycles. The zero-order chi connectivity index (χ0) is 17.3. The zero-order valence-electron chi connectivity index (χ0n) is 12.3. The standard InChI is InChI=1S/C15H10ClF3N4O/c1-23-13(15(17,18)19)7-11(22-23)10-3-2-4-14(21-10)24-12-5-6-20-8-9(12)16/h2-8H,1H3. The molecular weight excluding hydrogens is 345 g/mol. The molecule has 0 unspecified atom stereocenters. The van der Waals surface area contributed by atoms with Crippen LogP contribution >= 0.6 is 11.6 Å². The van der Waals surface area contributed by atoms with Crippen molar-refractivity contribution in [1.82, 2.24) is 19.7 Å². The van der Waals surface area contributed by atoms with Gasteiger partial charge in [-0.25, -0.2) is 4.98 Å². The van der Waals surface area contributed by atoms with Gasteiger partial charge in [0.25, 0.3) is 0 Å². The van der Waals surface area contributed by atoms with Crippen molar-refractivity contribution in [3.8, 4) is 23.0 Å². The minimum Gasteiger partial charge on any atom is -0.437 e. The number of hydrogen-bond donors (Lipinski definition) is 0. The summed E-state index contributed by atoms with van der Waals surface area (Å²) >= 11 is 5.95. The Hall–Kier alpha value is -2.61. The van der Waals surface area contributed by atoms with E-state index in [1.54, 1.807) is 24.3 Å². The highest BCUT2D eigenvalue weighted by atomic mass is 35.5.